The highest BCUT2D eigenvalue weighted by Gasteiger charge is 2.12. The van der Waals surface area contributed by atoms with Crippen molar-refractivity contribution >= 4 is 11.8 Å². The molecule has 0 bridgehead atoms. The van der Waals surface area contributed by atoms with E-state index in [0.29, 0.717) is 23.5 Å². The molecule has 5 heteroatoms. The highest BCUT2D eigenvalue weighted by Crippen LogP contribution is 2.19. The van der Waals surface area contributed by atoms with Gasteiger partial charge >= 0.3 is 5.97 Å². The second-order valence-corrected chi connectivity index (χ2v) is 3.76. The van der Waals surface area contributed by atoms with Gasteiger partial charge in [0.25, 0.3) is 0 Å². The van der Waals surface area contributed by atoms with Crippen molar-refractivity contribution in [3.63, 3.8) is 0 Å². The summed E-state index contributed by atoms with van der Waals surface area (Å²) in [5.41, 5.74) is 0.686. The lowest BCUT2D eigenvalue weighted by Crippen LogP contribution is -2.08. The number of hydrogen-bond acceptors (Lipinski definition) is 5. The Morgan fingerprint density at radius 2 is 2.05 bits per heavy atom. The minimum atomic E-state index is -0.398. The first-order valence-corrected chi connectivity index (χ1v) is 5.89. The quantitative estimate of drug-likeness (QED) is 0.579. The van der Waals surface area contributed by atoms with E-state index >= 15 is 0 Å². The molecule has 0 aliphatic heterocycles. The number of nitriles is 1. The number of rotatable bonds is 6. The van der Waals surface area contributed by atoms with Crippen LogP contribution >= 0.6 is 0 Å². The van der Waals surface area contributed by atoms with Gasteiger partial charge < -0.3 is 9.47 Å². The lowest BCUT2D eigenvalue weighted by molar-refractivity contribution is -0.143. The van der Waals surface area contributed by atoms with Crippen molar-refractivity contribution in [1.29, 1.82) is 5.26 Å². The average Bonchev–Trinajstić information content (AvgIpc) is 2.44. The molecule has 0 aliphatic carbocycles. The summed E-state index contributed by atoms with van der Waals surface area (Å²) in [5.74, 6) is -0.179. The molecule has 1 aromatic rings. The molecule has 0 aliphatic rings. The Hall–Kier alpha value is -2.35. The van der Waals surface area contributed by atoms with Crippen molar-refractivity contribution in [2.24, 2.45) is 0 Å². The molecule has 0 radical (unpaired) electrons. The van der Waals surface area contributed by atoms with Crippen LogP contribution in [-0.4, -0.2) is 25.5 Å². The smallest absolute Gasteiger partial charge is 0.306 e. The van der Waals surface area contributed by atoms with Crippen LogP contribution in [0.2, 0.25) is 0 Å². The third-order valence-corrected chi connectivity index (χ3v) is 2.50. The number of ether oxygens (including phenoxy) is 2. The molecule has 0 atom stereocenters. The molecule has 0 heterocycles. The molecule has 1 aromatic carbocycles. The van der Waals surface area contributed by atoms with Crippen molar-refractivity contribution < 1.29 is 19.1 Å². The topological polar surface area (TPSA) is 76.4 Å². The number of ketones is 1. The van der Waals surface area contributed by atoms with Gasteiger partial charge in [-0.2, -0.15) is 5.26 Å². The first-order chi connectivity index (χ1) is 9.12. The summed E-state index contributed by atoms with van der Waals surface area (Å²) >= 11 is 0. The summed E-state index contributed by atoms with van der Waals surface area (Å²) in [6, 6.07) is 6.56. The summed E-state index contributed by atoms with van der Waals surface area (Å²) in [5, 5.41) is 8.93. The molecule has 0 saturated carbocycles. The Morgan fingerprint density at radius 3 is 2.63 bits per heavy atom. The van der Waals surface area contributed by atoms with Gasteiger partial charge in [-0.1, -0.05) is 0 Å². The molecule has 19 heavy (non-hydrogen) atoms. The van der Waals surface area contributed by atoms with Crippen LogP contribution in [0.25, 0.3) is 0 Å². The first-order valence-electron chi connectivity index (χ1n) is 5.89. The summed E-state index contributed by atoms with van der Waals surface area (Å²) in [7, 11) is 1.46. The lowest BCUT2D eigenvalue weighted by atomic mass is 10.0. The minimum absolute atomic E-state index is 0.0423. The number of hydrogen-bond donors (Lipinski definition) is 0. The van der Waals surface area contributed by atoms with Crippen molar-refractivity contribution in [2.45, 2.75) is 19.8 Å². The van der Waals surface area contributed by atoms with Crippen molar-refractivity contribution in [3.05, 3.63) is 29.3 Å². The Bertz CT molecular complexity index is 517. The maximum Gasteiger partial charge on any atom is 0.306 e. The number of esters is 1. The number of carbonyl (C=O) groups is 2. The van der Waals surface area contributed by atoms with Crippen LogP contribution in [-0.2, 0) is 9.53 Å². The Labute approximate surface area is 111 Å². The van der Waals surface area contributed by atoms with E-state index in [1.165, 1.54) is 13.2 Å². The zero-order valence-corrected chi connectivity index (χ0v) is 10.9. The number of benzene rings is 1. The molecule has 100 valence electrons. The van der Waals surface area contributed by atoms with Crippen LogP contribution in [0.15, 0.2) is 18.2 Å². The van der Waals surface area contributed by atoms with Gasteiger partial charge in [0.2, 0.25) is 0 Å². The van der Waals surface area contributed by atoms with Gasteiger partial charge in [-0.3, -0.25) is 9.59 Å². The summed E-state index contributed by atoms with van der Waals surface area (Å²) in [6.45, 7) is 2.01. The van der Waals surface area contributed by atoms with Gasteiger partial charge in [-0.25, -0.2) is 0 Å². The molecule has 0 amide bonds. The van der Waals surface area contributed by atoms with E-state index in [2.05, 4.69) is 0 Å². The van der Waals surface area contributed by atoms with Crippen LogP contribution in [0.4, 0.5) is 0 Å². The van der Waals surface area contributed by atoms with Crippen LogP contribution in [0.1, 0.15) is 35.7 Å². The number of nitrogens with zero attached hydrogens (tertiary/aromatic N) is 1. The van der Waals surface area contributed by atoms with E-state index in [4.69, 9.17) is 14.7 Å². The third-order valence-electron chi connectivity index (χ3n) is 2.50. The zero-order valence-electron chi connectivity index (χ0n) is 10.9. The predicted molar refractivity (Wildman–Crippen MR) is 67.9 cm³/mol. The number of Topliss-reactive ketones (excluding diaryl/α,β-unsaturated/α-hetero) is 1. The highest BCUT2D eigenvalue weighted by molar-refractivity contribution is 5.98. The Morgan fingerprint density at radius 1 is 1.32 bits per heavy atom. The van der Waals surface area contributed by atoms with Crippen LogP contribution in [0.3, 0.4) is 0 Å². The van der Waals surface area contributed by atoms with Crippen molar-refractivity contribution in [2.75, 3.05) is 13.7 Å². The summed E-state index contributed by atoms with van der Waals surface area (Å²) in [4.78, 5) is 23.0. The van der Waals surface area contributed by atoms with E-state index in [9.17, 15) is 9.59 Å². The summed E-state index contributed by atoms with van der Waals surface area (Å²) in [6.07, 6.45) is 0.108. The van der Waals surface area contributed by atoms with E-state index in [1.54, 1.807) is 19.1 Å². The van der Waals surface area contributed by atoms with E-state index < -0.39 is 5.97 Å². The Balaban J connectivity index is 2.73. The Kier molecular flexibility index (Phi) is 5.55. The van der Waals surface area contributed by atoms with Gasteiger partial charge in [0.15, 0.2) is 5.78 Å². The van der Waals surface area contributed by atoms with Gasteiger partial charge in [0.05, 0.1) is 25.7 Å². The van der Waals surface area contributed by atoms with Gasteiger partial charge in [-0.05, 0) is 25.1 Å². The van der Waals surface area contributed by atoms with Crippen LogP contribution < -0.4 is 4.74 Å². The van der Waals surface area contributed by atoms with Crippen molar-refractivity contribution in [1.82, 2.24) is 0 Å². The molecular weight excluding hydrogens is 246 g/mol. The molecule has 1 rings (SSSR count). The monoisotopic (exact) mass is 261 g/mol. The third kappa shape index (κ3) is 4.11. The minimum Gasteiger partial charge on any atom is -0.495 e. The number of carbonyl (C=O) groups excluding carboxylic acids is 2. The molecular formula is C14H15NO4. The SMILES string of the molecule is CCOC(=O)CCC(=O)c1ccc(OC)c(C#N)c1. The molecule has 0 aromatic heterocycles. The average molecular weight is 261 g/mol. The van der Waals surface area contributed by atoms with E-state index in [-0.39, 0.29) is 18.6 Å². The lowest BCUT2D eigenvalue weighted by Gasteiger charge is -2.05. The second-order valence-electron chi connectivity index (χ2n) is 3.76. The molecule has 0 saturated heterocycles. The number of methoxy groups -OCH3 is 1. The summed E-state index contributed by atoms with van der Waals surface area (Å²) < 4.78 is 9.74. The van der Waals surface area contributed by atoms with Gasteiger partial charge in [0.1, 0.15) is 11.8 Å². The standard InChI is InChI=1S/C14H15NO4/c1-3-19-14(17)7-5-12(16)10-4-6-13(18-2)11(8-10)9-15/h4,6,8H,3,5,7H2,1-2H3. The molecule has 5 nitrogen and oxygen atoms in total. The van der Waals surface area contributed by atoms with Crippen LogP contribution in [0, 0.1) is 11.3 Å². The fourth-order valence-electron chi connectivity index (χ4n) is 1.56. The normalized spacial score (nSPS) is 9.53. The maximum absolute atomic E-state index is 11.9. The molecule has 0 N–H and O–H groups in total. The van der Waals surface area contributed by atoms with Crippen LogP contribution in [0.5, 0.6) is 5.75 Å². The largest absolute Gasteiger partial charge is 0.495 e. The zero-order chi connectivity index (χ0) is 14.3. The van der Waals surface area contributed by atoms with Gasteiger partial charge in [-0.15, -0.1) is 0 Å². The first kappa shape index (κ1) is 14.7. The fraction of sp³-hybridized carbons (Fsp3) is 0.357. The fourth-order valence-corrected chi connectivity index (χ4v) is 1.56. The molecule has 0 fully saturated rings. The molecule has 0 spiro atoms. The van der Waals surface area contributed by atoms with Crippen molar-refractivity contribution in [3.8, 4) is 11.8 Å². The van der Waals surface area contributed by atoms with E-state index in [0.717, 1.165) is 0 Å². The van der Waals surface area contributed by atoms with Gasteiger partial charge in [0, 0.05) is 12.0 Å². The second kappa shape index (κ2) is 7.17. The highest BCUT2D eigenvalue weighted by atomic mass is 16.5. The maximum atomic E-state index is 11.9. The molecule has 0 unspecified atom stereocenters. The van der Waals surface area contributed by atoms with E-state index in [1.807, 2.05) is 6.07 Å². The predicted octanol–water partition coefficient (Wildman–Crippen LogP) is 2.09.